The van der Waals surface area contributed by atoms with E-state index in [9.17, 15) is 0 Å². The van der Waals surface area contributed by atoms with Crippen molar-refractivity contribution in [2.45, 2.75) is 19.3 Å². The molecule has 5 heavy (non-hydrogen) atoms. The predicted octanol–water partition coefficient (Wildman–Crippen LogP) is -0.686. The third-order valence-electron chi connectivity index (χ3n) is 0. The van der Waals surface area contributed by atoms with Gasteiger partial charge in [0.2, 0.25) is 0 Å². The van der Waals surface area contributed by atoms with Crippen LogP contribution >= 0.6 is 0 Å². The number of hydrogen-bond acceptors (Lipinski definition) is 1. The van der Waals surface area contributed by atoms with Crippen LogP contribution in [0.4, 0.5) is 0 Å². The Hall–Kier alpha value is 0.0249. The molecule has 2 N–H and O–H groups in total. The highest BCUT2D eigenvalue weighted by molar-refractivity contribution is 6.14. The fraction of sp³-hybridized carbons (Fsp3) is 1.00. The lowest BCUT2D eigenvalue weighted by atomic mass is 9.83. The van der Waals surface area contributed by atoms with Crippen LogP contribution in [0.25, 0.3) is 0 Å². The Morgan fingerprint density at radius 1 is 1.60 bits per heavy atom. The van der Waals surface area contributed by atoms with Crippen molar-refractivity contribution in [3.63, 3.8) is 0 Å². The topological polar surface area (TPSA) is 26.0 Å². The van der Waals surface area contributed by atoms with Crippen molar-refractivity contribution in [1.82, 2.24) is 0 Å². The Morgan fingerprint density at radius 2 is 1.60 bits per heavy atom. The van der Waals surface area contributed by atoms with Crippen LogP contribution in [0, 0.1) is 0 Å². The van der Waals surface area contributed by atoms with Crippen LogP contribution in [0.3, 0.4) is 0 Å². The first-order chi connectivity index (χ1) is 2.00. The lowest BCUT2D eigenvalue weighted by molar-refractivity contribution is 0.741. The first kappa shape index (κ1) is 5.02. The highest BCUT2D eigenvalue weighted by Crippen LogP contribution is 1.81. The van der Waals surface area contributed by atoms with Gasteiger partial charge in [0, 0.05) is 0 Å². The summed E-state index contributed by atoms with van der Waals surface area (Å²) in [5.41, 5.74) is 5.35. The predicted molar refractivity (Wildman–Crippen MR) is 26.8 cm³/mol. The summed E-state index contributed by atoms with van der Waals surface area (Å²) in [7, 11) is 1.97. The molecule has 0 amide bonds. The molecule has 0 saturated heterocycles. The molecule has 0 fully saturated rings. The Balaban J connectivity index is 3.02. The molecule has 0 aromatic heterocycles. The molecule has 0 aliphatic carbocycles. The van der Waals surface area contributed by atoms with Crippen LogP contribution in [0.5, 0.6) is 0 Å². The summed E-state index contributed by atoms with van der Waals surface area (Å²) >= 11 is 0. The maximum absolute atomic E-state index is 5.35. The molecule has 0 radical (unpaired) electrons. The van der Waals surface area contributed by atoms with Crippen LogP contribution in [0.1, 0.15) is 13.8 Å². The Bertz CT molecular complexity index is 22.4. The highest BCUT2D eigenvalue weighted by atomic mass is 14.6. The fourth-order valence-electron chi connectivity index (χ4n) is 0. The third-order valence-corrected chi connectivity index (χ3v) is 0. The van der Waals surface area contributed by atoms with Crippen LogP contribution in [0.2, 0.25) is 0 Å². The molecule has 0 rings (SSSR count). The molecule has 0 unspecified atom stereocenters. The molecular formula is C3H10BN. The molecule has 30 valence electrons. The van der Waals surface area contributed by atoms with Gasteiger partial charge in [0.1, 0.15) is 7.85 Å². The number of rotatable bonds is 0. The number of hydrogen-bond donors (Lipinski definition) is 1. The molecule has 0 atom stereocenters. The smallest absolute Gasteiger partial charge is 0.126 e. The lowest BCUT2D eigenvalue weighted by Crippen LogP contribution is -2.31. The minimum Gasteiger partial charge on any atom is -0.333 e. The Labute approximate surface area is 34.0 Å². The summed E-state index contributed by atoms with van der Waals surface area (Å²) in [5.74, 6) is 0. The number of nitrogens with two attached hydrogens (primary N) is 1. The molecule has 0 bridgehead atoms. The molecule has 0 saturated carbocycles. The van der Waals surface area contributed by atoms with Gasteiger partial charge in [-0.05, 0) is 5.44 Å². The zero-order valence-corrected chi connectivity index (χ0v) is 4.08. The summed E-state index contributed by atoms with van der Waals surface area (Å²) in [6.07, 6.45) is 0. The van der Waals surface area contributed by atoms with E-state index in [1.54, 1.807) is 0 Å². The van der Waals surface area contributed by atoms with E-state index < -0.39 is 0 Å². The van der Waals surface area contributed by atoms with Gasteiger partial charge < -0.3 is 5.73 Å². The van der Waals surface area contributed by atoms with E-state index in [0.717, 1.165) is 0 Å². The van der Waals surface area contributed by atoms with E-state index in [1.165, 1.54) is 0 Å². The van der Waals surface area contributed by atoms with Crippen molar-refractivity contribution in [3.8, 4) is 0 Å². The van der Waals surface area contributed by atoms with Crippen molar-refractivity contribution >= 4 is 7.85 Å². The molecule has 0 aromatic carbocycles. The molecule has 2 heteroatoms. The minimum absolute atomic E-state index is 0. The van der Waals surface area contributed by atoms with Gasteiger partial charge in [0.25, 0.3) is 0 Å². The zero-order valence-electron chi connectivity index (χ0n) is 4.08. The van der Waals surface area contributed by atoms with Gasteiger partial charge >= 0.3 is 0 Å². The van der Waals surface area contributed by atoms with Crippen molar-refractivity contribution in [1.29, 1.82) is 0 Å². The van der Waals surface area contributed by atoms with Gasteiger partial charge in [-0.1, -0.05) is 13.8 Å². The van der Waals surface area contributed by atoms with Crippen LogP contribution in [0.15, 0.2) is 0 Å². The van der Waals surface area contributed by atoms with Gasteiger partial charge in [-0.2, -0.15) is 0 Å². The van der Waals surface area contributed by atoms with E-state index in [0.29, 0.717) is 0 Å². The SMILES string of the molecule is BC(C)(C)N. The first-order valence-corrected chi connectivity index (χ1v) is 1.79. The summed E-state index contributed by atoms with van der Waals surface area (Å²) in [4.78, 5) is 0. The van der Waals surface area contributed by atoms with Crippen molar-refractivity contribution in [3.05, 3.63) is 0 Å². The third kappa shape index (κ3) is 26500. The van der Waals surface area contributed by atoms with E-state index in [1.807, 2.05) is 21.7 Å². The van der Waals surface area contributed by atoms with Crippen molar-refractivity contribution in [2.75, 3.05) is 0 Å². The summed E-state index contributed by atoms with van der Waals surface area (Å²) in [6, 6.07) is 0. The van der Waals surface area contributed by atoms with Crippen LogP contribution in [-0.2, 0) is 0 Å². The summed E-state index contributed by atoms with van der Waals surface area (Å²) in [5, 5.41) is 0. The van der Waals surface area contributed by atoms with E-state index >= 15 is 0 Å². The van der Waals surface area contributed by atoms with Gasteiger partial charge in [-0.15, -0.1) is 0 Å². The maximum Gasteiger partial charge on any atom is 0.126 e. The largest absolute Gasteiger partial charge is 0.333 e. The standard InChI is InChI=1S/C3H10BN/c1-3(2,4)5/h4-5H2,1-2H3. The fourth-order valence-corrected chi connectivity index (χ4v) is 0. The van der Waals surface area contributed by atoms with Crippen molar-refractivity contribution < 1.29 is 0 Å². The Morgan fingerprint density at radius 3 is 1.60 bits per heavy atom. The average molecular weight is 70.9 g/mol. The Kier molecular flexibility index (Phi) is 1.02. The van der Waals surface area contributed by atoms with Crippen LogP contribution in [-0.4, -0.2) is 13.3 Å². The zero-order chi connectivity index (χ0) is 4.50. The monoisotopic (exact) mass is 71.1 g/mol. The normalized spacial score (nSPS) is 11.8. The first-order valence-electron chi connectivity index (χ1n) is 1.79. The highest BCUT2D eigenvalue weighted by Gasteiger charge is 1.96. The maximum atomic E-state index is 5.35. The molecule has 0 heterocycles. The minimum atomic E-state index is 0. The second kappa shape index (κ2) is 1.01. The van der Waals surface area contributed by atoms with Gasteiger partial charge in [-0.25, -0.2) is 0 Å². The van der Waals surface area contributed by atoms with E-state index in [4.69, 9.17) is 5.73 Å². The summed E-state index contributed by atoms with van der Waals surface area (Å²) < 4.78 is 0. The van der Waals surface area contributed by atoms with Crippen molar-refractivity contribution in [2.24, 2.45) is 5.73 Å². The van der Waals surface area contributed by atoms with Gasteiger partial charge in [0.05, 0.1) is 0 Å². The molecule has 0 aliphatic rings. The molecular weight excluding hydrogens is 60.9 g/mol. The van der Waals surface area contributed by atoms with E-state index in [-0.39, 0.29) is 5.44 Å². The quantitative estimate of drug-likeness (QED) is 0.376. The lowest BCUT2D eigenvalue weighted by Gasteiger charge is -2.06. The van der Waals surface area contributed by atoms with Gasteiger partial charge in [-0.3, -0.25) is 0 Å². The molecule has 0 aliphatic heterocycles. The molecule has 0 spiro atoms. The second-order valence-electron chi connectivity index (χ2n) is 2.37. The molecule has 1 nitrogen and oxygen atoms in total. The average Bonchev–Trinajstić information content (AvgIpc) is 0.722. The van der Waals surface area contributed by atoms with Crippen LogP contribution < -0.4 is 5.73 Å². The molecule has 0 aromatic rings. The summed E-state index contributed by atoms with van der Waals surface area (Å²) in [6.45, 7) is 3.93. The second-order valence-corrected chi connectivity index (χ2v) is 2.37. The van der Waals surface area contributed by atoms with E-state index in [2.05, 4.69) is 0 Å². The van der Waals surface area contributed by atoms with Gasteiger partial charge in [0.15, 0.2) is 0 Å².